The van der Waals surface area contributed by atoms with E-state index in [1.165, 1.54) is 0 Å². The second kappa shape index (κ2) is 5.50. The number of nitrogens with one attached hydrogen (secondary N) is 3. The van der Waals surface area contributed by atoms with Crippen LogP contribution >= 0.6 is 0 Å². The fourth-order valence-electron chi connectivity index (χ4n) is 2.05. The molecule has 1 aliphatic carbocycles. The van der Waals surface area contributed by atoms with Gasteiger partial charge in [0.15, 0.2) is 0 Å². The van der Waals surface area contributed by atoms with Gasteiger partial charge in [-0.15, -0.1) is 0 Å². The van der Waals surface area contributed by atoms with Crippen molar-refractivity contribution in [1.82, 2.24) is 14.9 Å². The summed E-state index contributed by atoms with van der Waals surface area (Å²) >= 11 is 0. The molecule has 1 atom stereocenters. The first-order valence-corrected chi connectivity index (χ1v) is 8.40. The van der Waals surface area contributed by atoms with Crippen LogP contribution in [-0.2, 0) is 10.0 Å². The van der Waals surface area contributed by atoms with Crippen LogP contribution in [-0.4, -0.2) is 24.7 Å². The maximum absolute atomic E-state index is 12.1. The molecule has 1 aliphatic rings. The van der Waals surface area contributed by atoms with Crippen LogP contribution < -0.4 is 10.0 Å². The van der Waals surface area contributed by atoms with Crippen molar-refractivity contribution in [2.45, 2.75) is 36.7 Å². The summed E-state index contributed by atoms with van der Waals surface area (Å²) in [5, 5.41) is 9.98. The van der Waals surface area contributed by atoms with Gasteiger partial charge < -0.3 is 5.32 Å². The number of aromatic nitrogens is 2. The van der Waals surface area contributed by atoms with Gasteiger partial charge in [-0.2, -0.15) is 5.10 Å². The minimum atomic E-state index is -3.38. The summed E-state index contributed by atoms with van der Waals surface area (Å²) in [6, 6.07) is 7.00. The molecule has 1 saturated carbocycles. The third kappa shape index (κ3) is 3.43. The monoisotopic (exact) mass is 306 g/mol. The van der Waals surface area contributed by atoms with E-state index in [9.17, 15) is 8.42 Å². The number of H-pyrrole nitrogens is 1. The molecule has 7 heteroatoms. The molecule has 0 aliphatic heterocycles. The van der Waals surface area contributed by atoms with Crippen molar-refractivity contribution in [3.63, 3.8) is 0 Å². The maximum Gasteiger partial charge on any atom is 0.240 e. The van der Waals surface area contributed by atoms with Crippen LogP contribution in [0.4, 0.5) is 5.69 Å². The first kappa shape index (κ1) is 14.1. The van der Waals surface area contributed by atoms with Crippen LogP contribution in [0.25, 0.3) is 0 Å². The van der Waals surface area contributed by atoms with Gasteiger partial charge in [0, 0.05) is 23.5 Å². The Labute approximate surface area is 124 Å². The second-order valence-corrected chi connectivity index (χ2v) is 7.03. The second-order valence-electron chi connectivity index (χ2n) is 5.32. The zero-order chi connectivity index (χ0) is 14.9. The first-order chi connectivity index (χ1) is 10.0. The van der Waals surface area contributed by atoms with Crippen LogP contribution in [0.15, 0.2) is 41.6 Å². The van der Waals surface area contributed by atoms with Crippen LogP contribution in [0.1, 0.15) is 31.4 Å². The number of hydrogen-bond acceptors (Lipinski definition) is 4. The van der Waals surface area contributed by atoms with E-state index in [2.05, 4.69) is 20.2 Å². The van der Waals surface area contributed by atoms with Gasteiger partial charge in [-0.1, -0.05) is 0 Å². The Kier molecular flexibility index (Phi) is 3.69. The summed E-state index contributed by atoms with van der Waals surface area (Å²) in [4.78, 5) is 0.302. The Bertz CT molecular complexity index is 691. The number of rotatable bonds is 6. The number of benzene rings is 1. The molecule has 1 unspecified atom stereocenters. The Balaban J connectivity index is 1.69. The quantitative estimate of drug-likeness (QED) is 0.762. The van der Waals surface area contributed by atoms with Gasteiger partial charge in [-0.05, 0) is 44.0 Å². The Hall–Kier alpha value is -1.86. The van der Waals surface area contributed by atoms with Crippen molar-refractivity contribution in [1.29, 1.82) is 0 Å². The minimum absolute atomic E-state index is 0.0933. The van der Waals surface area contributed by atoms with Crippen LogP contribution in [0.2, 0.25) is 0 Å². The Morgan fingerprint density at radius 2 is 2.00 bits per heavy atom. The lowest BCUT2D eigenvalue weighted by Gasteiger charge is -2.14. The third-order valence-electron chi connectivity index (χ3n) is 3.47. The van der Waals surface area contributed by atoms with E-state index in [-0.39, 0.29) is 12.1 Å². The van der Waals surface area contributed by atoms with E-state index in [1.807, 2.05) is 13.1 Å². The summed E-state index contributed by atoms with van der Waals surface area (Å²) in [5.74, 6) is 0. The fourth-order valence-corrected chi connectivity index (χ4v) is 3.35. The summed E-state index contributed by atoms with van der Waals surface area (Å²) in [7, 11) is -3.38. The predicted molar refractivity (Wildman–Crippen MR) is 80.4 cm³/mol. The van der Waals surface area contributed by atoms with Crippen molar-refractivity contribution in [2.24, 2.45) is 0 Å². The normalized spacial score (nSPS) is 16.6. The van der Waals surface area contributed by atoms with E-state index >= 15 is 0 Å². The zero-order valence-corrected chi connectivity index (χ0v) is 12.5. The van der Waals surface area contributed by atoms with Crippen molar-refractivity contribution < 1.29 is 8.42 Å². The molecular weight excluding hydrogens is 288 g/mol. The molecule has 0 radical (unpaired) electrons. The van der Waals surface area contributed by atoms with Gasteiger partial charge in [-0.3, -0.25) is 5.10 Å². The molecule has 1 fully saturated rings. The van der Waals surface area contributed by atoms with Gasteiger partial charge in [0.25, 0.3) is 0 Å². The lowest BCUT2D eigenvalue weighted by Crippen LogP contribution is -2.25. The molecule has 21 heavy (non-hydrogen) atoms. The van der Waals surface area contributed by atoms with E-state index in [4.69, 9.17) is 0 Å². The van der Waals surface area contributed by atoms with Gasteiger partial charge in [0.1, 0.15) is 0 Å². The zero-order valence-electron chi connectivity index (χ0n) is 11.7. The maximum atomic E-state index is 12.1. The van der Waals surface area contributed by atoms with Gasteiger partial charge >= 0.3 is 0 Å². The highest BCUT2D eigenvalue weighted by Crippen LogP contribution is 2.23. The largest absolute Gasteiger partial charge is 0.378 e. The van der Waals surface area contributed by atoms with E-state index in [0.717, 1.165) is 24.1 Å². The summed E-state index contributed by atoms with van der Waals surface area (Å²) in [6.45, 7) is 2.02. The highest BCUT2D eigenvalue weighted by atomic mass is 32.2. The molecule has 0 bridgehead atoms. The van der Waals surface area contributed by atoms with Crippen molar-refractivity contribution >= 4 is 15.7 Å². The fraction of sp³-hybridized carbons (Fsp3) is 0.357. The van der Waals surface area contributed by atoms with Crippen LogP contribution in [0, 0.1) is 0 Å². The molecule has 0 saturated heterocycles. The Morgan fingerprint density at radius 1 is 1.29 bits per heavy atom. The summed E-state index contributed by atoms with van der Waals surface area (Å²) in [6.07, 6.45) is 5.45. The number of nitrogens with zero attached hydrogens (tertiary/aromatic N) is 1. The topological polar surface area (TPSA) is 86.9 Å². The van der Waals surface area contributed by atoms with Gasteiger partial charge in [0.2, 0.25) is 10.0 Å². The third-order valence-corrected chi connectivity index (χ3v) is 5.00. The standard InChI is InChI=1S/C14H18N4O2S/c1-10(11-8-15-16-9-11)17-12-4-6-14(7-5-12)21(19,20)18-13-2-3-13/h4-10,13,17-18H,2-3H2,1H3,(H,15,16). The lowest BCUT2D eigenvalue weighted by atomic mass is 10.2. The van der Waals surface area contributed by atoms with Crippen LogP contribution in [0.3, 0.4) is 0 Å². The number of sulfonamides is 1. The summed E-state index contributed by atoms with van der Waals surface area (Å²) < 4.78 is 26.8. The molecule has 0 spiro atoms. The molecular formula is C14H18N4O2S. The smallest absolute Gasteiger partial charge is 0.240 e. The molecule has 112 valence electrons. The van der Waals surface area contributed by atoms with E-state index in [0.29, 0.717) is 4.90 Å². The minimum Gasteiger partial charge on any atom is -0.378 e. The molecule has 3 N–H and O–H groups in total. The summed E-state index contributed by atoms with van der Waals surface area (Å²) in [5.41, 5.74) is 1.91. The molecule has 2 aromatic rings. The molecule has 0 amide bonds. The SMILES string of the molecule is CC(Nc1ccc(S(=O)(=O)NC2CC2)cc1)c1cn[nH]c1. The highest BCUT2D eigenvalue weighted by Gasteiger charge is 2.27. The first-order valence-electron chi connectivity index (χ1n) is 6.92. The van der Waals surface area contributed by atoms with Gasteiger partial charge in [0.05, 0.1) is 17.1 Å². The van der Waals surface area contributed by atoms with Crippen molar-refractivity contribution in [2.75, 3.05) is 5.32 Å². The number of aromatic amines is 1. The van der Waals surface area contributed by atoms with E-state index in [1.54, 1.807) is 30.5 Å². The Morgan fingerprint density at radius 3 is 2.57 bits per heavy atom. The molecule has 1 aromatic carbocycles. The molecule has 1 heterocycles. The highest BCUT2D eigenvalue weighted by molar-refractivity contribution is 7.89. The molecule has 6 nitrogen and oxygen atoms in total. The molecule has 3 rings (SSSR count). The van der Waals surface area contributed by atoms with Gasteiger partial charge in [-0.25, -0.2) is 13.1 Å². The average molecular weight is 306 g/mol. The van der Waals surface area contributed by atoms with Crippen molar-refractivity contribution in [3.8, 4) is 0 Å². The van der Waals surface area contributed by atoms with Crippen molar-refractivity contribution in [3.05, 3.63) is 42.2 Å². The van der Waals surface area contributed by atoms with Crippen LogP contribution in [0.5, 0.6) is 0 Å². The molecule has 1 aromatic heterocycles. The number of hydrogen-bond donors (Lipinski definition) is 3. The predicted octanol–water partition coefficient (Wildman–Crippen LogP) is 2.02. The average Bonchev–Trinajstić information content (AvgIpc) is 3.08. The van der Waals surface area contributed by atoms with E-state index < -0.39 is 10.0 Å². The number of anilines is 1. The lowest BCUT2D eigenvalue weighted by molar-refractivity contribution is 0.581.